The van der Waals surface area contributed by atoms with E-state index in [2.05, 4.69) is 10.2 Å². The largest absolute Gasteiger partial charge is 0.481 e. The van der Waals surface area contributed by atoms with Crippen LogP contribution in [0.15, 0.2) is 0 Å². The number of hydrogen-bond donors (Lipinski definition) is 2. The monoisotopic (exact) mass is 257 g/mol. The maximum absolute atomic E-state index is 11.5. The normalized spacial score (nSPS) is 17.7. The molecule has 0 aromatic carbocycles. The van der Waals surface area contributed by atoms with Crippen molar-refractivity contribution >= 4 is 11.9 Å². The van der Waals surface area contributed by atoms with Crippen molar-refractivity contribution in [2.75, 3.05) is 40.3 Å². The molecule has 0 bridgehead atoms. The fraction of sp³-hybridized carbons (Fsp3) is 0.833. The summed E-state index contributed by atoms with van der Waals surface area (Å²) in [6.45, 7) is 2.79. The number of carbonyl (C=O) groups excluding carboxylic acids is 1. The van der Waals surface area contributed by atoms with E-state index in [4.69, 9.17) is 5.11 Å². The molecule has 0 atom stereocenters. The lowest BCUT2D eigenvalue weighted by Gasteiger charge is -2.32. The van der Waals surface area contributed by atoms with E-state index >= 15 is 0 Å². The molecule has 1 saturated heterocycles. The standard InChI is InChI=1S/C12H23N3O3/c1-14(2)11(16)9-15-7-4-10(5-8-15)13-6-3-12(17)18/h10,13H,3-9H2,1-2H3,(H,17,18). The molecule has 0 aromatic rings. The predicted octanol–water partition coefficient (Wildman–Crippen LogP) is -0.397. The van der Waals surface area contributed by atoms with Gasteiger partial charge in [0.25, 0.3) is 0 Å². The third-order valence-corrected chi connectivity index (χ3v) is 3.22. The molecule has 1 amide bonds. The summed E-state index contributed by atoms with van der Waals surface area (Å²) in [6, 6.07) is 0.384. The van der Waals surface area contributed by atoms with Crippen LogP contribution in [0.2, 0.25) is 0 Å². The Balaban J connectivity index is 2.16. The number of carboxylic acids is 1. The third kappa shape index (κ3) is 5.46. The Hall–Kier alpha value is -1.14. The van der Waals surface area contributed by atoms with Gasteiger partial charge in [-0.1, -0.05) is 0 Å². The molecular weight excluding hydrogens is 234 g/mol. The van der Waals surface area contributed by atoms with Crippen LogP contribution in [-0.2, 0) is 9.59 Å². The van der Waals surface area contributed by atoms with Crippen molar-refractivity contribution in [2.24, 2.45) is 0 Å². The molecular formula is C12H23N3O3. The summed E-state index contributed by atoms with van der Waals surface area (Å²) in [6.07, 6.45) is 2.11. The van der Waals surface area contributed by atoms with E-state index in [0.717, 1.165) is 25.9 Å². The maximum atomic E-state index is 11.5. The lowest BCUT2D eigenvalue weighted by atomic mass is 10.0. The molecule has 1 fully saturated rings. The minimum atomic E-state index is -0.767. The molecule has 104 valence electrons. The summed E-state index contributed by atoms with van der Waals surface area (Å²) < 4.78 is 0. The molecule has 0 unspecified atom stereocenters. The van der Waals surface area contributed by atoms with Crippen molar-refractivity contribution in [3.05, 3.63) is 0 Å². The quantitative estimate of drug-likeness (QED) is 0.677. The van der Waals surface area contributed by atoms with Crippen LogP contribution >= 0.6 is 0 Å². The summed E-state index contributed by atoms with van der Waals surface area (Å²) in [5, 5.41) is 11.8. The Bertz CT molecular complexity index is 286. The van der Waals surface area contributed by atoms with Crippen molar-refractivity contribution in [3.63, 3.8) is 0 Å². The van der Waals surface area contributed by atoms with Crippen molar-refractivity contribution in [2.45, 2.75) is 25.3 Å². The first kappa shape index (κ1) is 14.9. The number of likely N-dealkylation sites (N-methyl/N-ethyl adjacent to an activating group) is 1. The van der Waals surface area contributed by atoms with Crippen LogP contribution < -0.4 is 5.32 Å². The Morgan fingerprint density at radius 2 is 1.94 bits per heavy atom. The van der Waals surface area contributed by atoms with E-state index in [9.17, 15) is 9.59 Å². The molecule has 2 N–H and O–H groups in total. The van der Waals surface area contributed by atoms with Crippen molar-refractivity contribution in [1.82, 2.24) is 15.1 Å². The predicted molar refractivity (Wildman–Crippen MR) is 68.4 cm³/mol. The first-order valence-electron chi connectivity index (χ1n) is 6.36. The van der Waals surface area contributed by atoms with Gasteiger partial charge < -0.3 is 15.3 Å². The molecule has 0 aromatic heterocycles. The van der Waals surface area contributed by atoms with E-state index in [0.29, 0.717) is 19.1 Å². The zero-order chi connectivity index (χ0) is 13.5. The molecule has 0 spiro atoms. The average molecular weight is 257 g/mol. The van der Waals surface area contributed by atoms with Crippen molar-refractivity contribution < 1.29 is 14.7 Å². The first-order chi connectivity index (χ1) is 8.49. The summed E-state index contributed by atoms with van der Waals surface area (Å²) >= 11 is 0. The van der Waals surface area contributed by atoms with Gasteiger partial charge in [0.15, 0.2) is 0 Å². The van der Waals surface area contributed by atoms with Gasteiger partial charge in [0.05, 0.1) is 13.0 Å². The minimum absolute atomic E-state index is 0.132. The lowest BCUT2D eigenvalue weighted by Crippen LogP contribution is -2.46. The van der Waals surface area contributed by atoms with Crippen LogP contribution in [0.5, 0.6) is 0 Å². The first-order valence-corrected chi connectivity index (χ1v) is 6.36. The summed E-state index contributed by atoms with van der Waals surface area (Å²) in [5.41, 5.74) is 0. The van der Waals surface area contributed by atoms with Crippen LogP contribution in [0.3, 0.4) is 0 Å². The highest BCUT2D eigenvalue weighted by molar-refractivity contribution is 5.77. The number of aliphatic carboxylic acids is 1. The molecule has 1 rings (SSSR count). The van der Waals surface area contributed by atoms with Gasteiger partial charge in [0, 0.05) is 39.8 Å². The highest BCUT2D eigenvalue weighted by atomic mass is 16.4. The highest BCUT2D eigenvalue weighted by Crippen LogP contribution is 2.10. The van der Waals surface area contributed by atoms with E-state index in [1.165, 1.54) is 0 Å². The van der Waals surface area contributed by atoms with E-state index in [1.807, 2.05) is 0 Å². The molecule has 0 radical (unpaired) electrons. The second-order valence-electron chi connectivity index (χ2n) is 4.94. The van der Waals surface area contributed by atoms with Crippen LogP contribution in [-0.4, -0.2) is 73.1 Å². The Morgan fingerprint density at radius 3 is 2.44 bits per heavy atom. The van der Waals surface area contributed by atoms with Gasteiger partial charge in [-0.2, -0.15) is 0 Å². The molecule has 0 aliphatic carbocycles. The molecule has 0 saturated carbocycles. The molecule has 18 heavy (non-hydrogen) atoms. The van der Waals surface area contributed by atoms with Crippen LogP contribution in [0.4, 0.5) is 0 Å². The van der Waals surface area contributed by atoms with Crippen molar-refractivity contribution in [3.8, 4) is 0 Å². The minimum Gasteiger partial charge on any atom is -0.481 e. The Kier molecular flexibility index (Phi) is 6.07. The second kappa shape index (κ2) is 7.33. The number of hydrogen-bond acceptors (Lipinski definition) is 4. The topological polar surface area (TPSA) is 72.9 Å². The van der Waals surface area contributed by atoms with Crippen LogP contribution in [0, 0.1) is 0 Å². The van der Waals surface area contributed by atoms with Gasteiger partial charge in [0.1, 0.15) is 0 Å². The SMILES string of the molecule is CN(C)C(=O)CN1CCC(NCCC(=O)O)CC1. The lowest BCUT2D eigenvalue weighted by molar-refractivity contribution is -0.137. The zero-order valence-electron chi connectivity index (χ0n) is 11.2. The number of carboxylic acid groups (broad SMARTS) is 1. The Labute approximate surface area is 108 Å². The number of piperidine rings is 1. The van der Waals surface area contributed by atoms with Crippen LogP contribution in [0.1, 0.15) is 19.3 Å². The molecule has 6 nitrogen and oxygen atoms in total. The fourth-order valence-electron chi connectivity index (χ4n) is 2.01. The summed E-state index contributed by atoms with van der Waals surface area (Å²) in [5.74, 6) is -0.635. The molecule has 1 heterocycles. The van der Waals surface area contributed by atoms with Gasteiger partial charge >= 0.3 is 5.97 Å². The Morgan fingerprint density at radius 1 is 1.33 bits per heavy atom. The third-order valence-electron chi connectivity index (χ3n) is 3.22. The molecule has 1 aliphatic rings. The van der Waals surface area contributed by atoms with Crippen molar-refractivity contribution in [1.29, 1.82) is 0 Å². The number of amides is 1. The van der Waals surface area contributed by atoms with E-state index in [1.54, 1.807) is 19.0 Å². The number of carbonyl (C=O) groups is 2. The number of nitrogens with zero attached hydrogens (tertiary/aromatic N) is 2. The molecule has 6 heteroatoms. The number of rotatable bonds is 6. The van der Waals surface area contributed by atoms with Gasteiger partial charge in [-0.15, -0.1) is 0 Å². The molecule has 1 aliphatic heterocycles. The number of nitrogens with one attached hydrogen (secondary N) is 1. The second-order valence-corrected chi connectivity index (χ2v) is 4.94. The van der Waals surface area contributed by atoms with Gasteiger partial charge in [-0.05, 0) is 12.8 Å². The average Bonchev–Trinajstić information content (AvgIpc) is 2.30. The summed E-state index contributed by atoms with van der Waals surface area (Å²) in [4.78, 5) is 25.7. The highest BCUT2D eigenvalue weighted by Gasteiger charge is 2.20. The van der Waals surface area contributed by atoms with Crippen LogP contribution in [0.25, 0.3) is 0 Å². The van der Waals surface area contributed by atoms with Gasteiger partial charge in [-0.3, -0.25) is 14.5 Å². The summed E-state index contributed by atoms with van der Waals surface area (Å²) in [7, 11) is 3.53. The maximum Gasteiger partial charge on any atom is 0.304 e. The smallest absolute Gasteiger partial charge is 0.304 e. The number of likely N-dealkylation sites (tertiary alicyclic amines) is 1. The van der Waals surface area contributed by atoms with E-state index in [-0.39, 0.29) is 12.3 Å². The van der Waals surface area contributed by atoms with E-state index < -0.39 is 5.97 Å². The van der Waals surface area contributed by atoms with Gasteiger partial charge in [-0.25, -0.2) is 0 Å². The fourth-order valence-corrected chi connectivity index (χ4v) is 2.01. The zero-order valence-corrected chi connectivity index (χ0v) is 11.2. The van der Waals surface area contributed by atoms with Gasteiger partial charge in [0.2, 0.25) is 5.91 Å².